The summed E-state index contributed by atoms with van der Waals surface area (Å²) in [7, 11) is 1.64. The molecule has 0 bridgehead atoms. The van der Waals surface area contributed by atoms with Gasteiger partial charge in [0.1, 0.15) is 22.6 Å². The number of methoxy groups -OCH3 is 1. The van der Waals surface area contributed by atoms with E-state index in [4.69, 9.17) is 9.47 Å². The quantitative estimate of drug-likeness (QED) is 0.813. The minimum Gasteiger partial charge on any atom is -0.496 e. The van der Waals surface area contributed by atoms with E-state index < -0.39 is 0 Å². The Morgan fingerprint density at radius 2 is 2.30 bits per heavy atom. The number of nitrogens with zero attached hydrogens (tertiary/aromatic N) is 1. The van der Waals surface area contributed by atoms with E-state index in [2.05, 4.69) is 4.98 Å². The minimum absolute atomic E-state index is 0.0266. The second-order valence-electron chi connectivity index (χ2n) is 4.88. The summed E-state index contributed by atoms with van der Waals surface area (Å²) in [5.74, 6) is 1.68. The summed E-state index contributed by atoms with van der Waals surface area (Å²) in [6.45, 7) is 3.59. The summed E-state index contributed by atoms with van der Waals surface area (Å²) in [6.07, 6.45) is 2.69. The van der Waals surface area contributed by atoms with E-state index in [9.17, 15) is 4.79 Å². The van der Waals surface area contributed by atoms with Crippen LogP contribution in [-0.4, -0.2) is 24.0 Å². The van der Waals surface area contributed by atoms with Crippen molar-refractivity contribution in [3.63, 3.8) is 0 Å². The number of ketones is 1. The molecule has 0 amide bonds. The number of rotatable bonds is 3. The number of carbonyl (C=O) groups excluding carboxylic acids is 1. The number of fused-ring (bicyclic) bond motifs is 1. The van der Waals surface area contributed by atoms with E-state index in [1.165, 1.54) is 11.3 Å². The molecule has 2 aromatic rings. The van der Waals surface area contributed by atoms with Gasteiger partial charge in [-0.2, -0.15) is 0 Å². The average Bonchev–Trinajstić information content (AvgIpc) is 3.01. The van der Waals surface area contributed by atoms with Crippen LogP contribution in [0.5, 0.6) is 11.5 Å². The molecule has 1 aromatic heterocycles. The number of Topliss-reactive ketones (excluding diaryl/α,β-unsaturated/α-hetero) is 1. The smallest absolute Gasteiger partial charge is 0.171 e. The van der Waals surface area contributed by atoms with Gasteiger partial charge in [-0.25, -0.2) is 4.98 Å². The molecule has 104 valence electrons. The molecule has 20 heavy (non-hydrogen) atoms. The molecule has 1 unspecified atom stereocenters. The Morgan fingerprint density at radius 3 is 2.95 bits per heavy atom. The Kier molecular flexibility index (Phi) is 3.22. The first-order valence-electron chi connectivity index (χ1n) is 6.43. The molecule has 3 rings (SSSR count). The molecule has 0 fully saturated rings. The highest BCUT2D eigenvalue weighted by Gasteiger charge is 2.23. The predicted molar refractivity (Wildman–Crippen MR) is 77.9 cm³/mol. The van der Waals surface area contributed by atoms with Crippen LogP contribution in [0.25, 0.3) is 10.6 Å². The zero-order valence-electron chi connectivity index (χ0n) is 11.6. The van der Waals surface area contributed by atoms with Gasteiger partial charge in [0.25, 0.3) is 0 Å². The lowest BCUT2D eigenvalue weighted by Gasteiger charge is -2.09. The van der Waals surface area contributed by atoms with Crippen LogP contribution in [0.3, 0.4) is 0 Å². The predicted octanol–water partition coefficient (Wildman–Crippen LogP) is 3.34. The molecule has 5 heteroatoms. The molecule has 1 aliphatic rings. The number of hydrogen-bond donors (Lipinski definition) is 0. The molecule has 0 N–H and O–H groups in total. The van der Waals surface area contributed by atoms with Crippen molar-refractivity contribution in [3.8, 4) is 22.1 Å². The second-order valence-corrected chi connectivity index (χ2v) is 5.91. The van der Waals surface area contributed by atoms with Crippen molar-refractivity contribution in [2.45, 2.75) is 26.4 Å². The zero-order chi connectivity index (χ0) is 14.3. The number of benzene rings is 1. The summed E-state index contributed by atoms with van der Waals surface area (Å²) in [4.78, 5) is 16.4. The minimum atomic E-state index is 0.0266. The first-order chi connectivity index (χ1) is 9.58. The van der Waals surface area contributed by atoms with Crippen LogP contribution < -0.4 is 9.47 Å². The van der Waals surface area contributed by atoms with Gasteiger partial charge in [-0.3, -0.25) is 4.79 Å². The van der Waals surface area contributed by atoms with Gasteiger partial charge in [-0.05, 0) is 19.1 Å². The van der Waals surface area contributed by atoms with Crippen LogP contribution >= 0.6 is 11.3 Å². The van der Waals surface area contributed by atoms with Crippen LogP contribution in [0.15, 0.2) is 18.3 Å². The fourth-order valence-electron chi connectivity index (χ4n) is 2.34. The Bertz CT molecular complexity index is 678. The van der Waals surface area contributed by atoms with Crippen molar-refractivity contribution >= 4 is 17.1 Å². The maximum absolute atomic E-state index is 11.4. The number of hydrogen-bond acceptors (Lipinski definition) is 5. The van der Waals surface area contributed by atoms with Gasteiger partial charge in [0.2, 0.25) is 0 Å². The molecule has 0 radical (unpaired) electrons. The van der Waals surface area contributed by atoms with E-state index in [0.717, 1.165) is 34.1 Å². The lowest BCUT2D eigenvalue weighted by molar-refractivity contribution is 0.102. The topological polar surface area (TPSA) is 48.4 Å². The summed E-state index contributed by atoms with van der Waals surface area (Å²) < 4.78 is 11.2. The van der Waals surface area contributed by atoms with Crippen molar-refractivity contribution < 1.29 is 14.3 Å². The van der Waals surface area contributed by atoms with E-state index >= 15 is 0 Å². The molecule has 1 aromatic carbocycles. The zero-order valence-corrected chi connectivity index (χ0v) is 12.4. The van der Waals surface area contributed by atoms with Crippen LogP contribution in [-0.2, 0) is 6.42 Å². The molecular weight excluding hydrogens is 274 g/mol. The van der Waals surface area contributed by atoms with E-state index in [1.54, 1.807) is 20.2 Å². The summed E-state index contributed by atoms with van der Waals surface area (Å²) in [5, 5.41) is 0.776. The van der Waals surface area contributed by atoms with Crippen molar-refractivity contribution in [2.24, 2.45) is 0 Å². The summed E-state index contributed by atoms with van der Waals surface area (Å²) in [6, 6.07) is 3.96. The lowest BCUT2D eigenvalue weighted by Crippen LogP contribution is -2.05. The lowest BCUT2D eigenvalue weighted by atomic mass is 10.1. The Labute approximate surface area is 121 Å². The van der Waals surface area contributed by atoms with E-state index in [-0.39, 0.29) is 11.9 Å². The van der Waals surface area contributed by atoms with Crippen molar-refractivity contribution in [1.82, 2.24) is 4.98 Å². The van der Waals surface area contributed by atoms with Crippen molar-refractivity contribution in [2.75, 3.05) is 7.11 Å². The van der Waals surface area contributed by atoms with Gasteiger partial charge in [0.05, 0.1) is 17.6 Å². The first kappa shape index (κ1) is 13.1. The summed E-state index contributed by atoms with van der Waals surface area (Å²) in [5.41, 5.74) is 2.03. The SMILES string of the molecule is COc1cc2c(cc1-c1ncc(C(C)=O)s1)OC(C)C2. The second kappa shape index (κ2) is 4.90. The van der Waals surface area contributed by atoms with Crippen LogP contribution in [0.4, 0.5) is 0 Å². The molecule has 0 spiro atoms. The Balaban J connectivity index is 2.08. The van der Waals surface area contributed by atoms with Crippen LogP contribution in [0.1, 0.15) is 29.1 Å². The van der Waals surface area contributed by atoms with Gasteiger partial charge >= 0.3 is 0 Å². The fraction of sp³-hybridized carbons (Fsp3) is 0.333. The van der Waals surface area contributed by atoms with Gasteiger partial charge < -0.3 is 9.47 Å². The Hall–Kier alpha value is -1.88. The third-order valence-electron chi connectivity index (χ3n) is 3.30. The number of thiazole rings is 1. The van der Waals surface area contributed by atoms with E-state index in [0.29, 0.717) is 4.88 Å². The van der Waals surface area contributed by atoms with Gasteiger partial charge in [0.15, 0.2) is 5.78 Å². The molecule has 0 aliphatic carbocycles. The number of carbonyl (C=O) groups is 1. The van der Waals surface area contributed by atoms with Crippen LogP contribution in [0, 0.1) is 0 Å². The van der Waals surface area contributed by atoms with Gasteiger partial charge in [-0.15, -0.1) is 11.3 Å². The molecule has 0 saturated carbocycles. The maximum atomic E-state index is 11.4. The van der Waals surface area contributed by atoms with E-state index in [1.807, 2.05) is 19.1 Å². The molecule has 0 saturated heterocycles. The molecule has 2 heterocycles. The molecule has 1 atom stereocenters. The van der Waals surface area contributed by atoms with Gasteiger partial charge in [0, 0.05) is 25.1 Å². The molecule has 4 nitrogen and oxygen atoms in total. The first-order valence-corrected chi connectivity index (χ1v) is 7.25. The monoisotopic (exact) mass is 289 g/mol. The summed E-state index contributed by atoms with van der Waals surface area (Å²) >= 11 is 1.37. The van der Waals surface area contributed by atoms with Crippen molar-refractivity contribution in [1.29, 1.82) is 0 Å². The van der Waals surface area contributed by atoms with Gasteiger partial charge in [-0.1, -0.05) is 0 Å². The number of aromatic nitrogens is 1. The largest absolute Gasteiger partial charge is 0.496 e. The average molecular weight is 289 g/mol. The fourth-order valence-corrected chi connectivity index (χ4v) is 3.17. The third-order valence-corrected chi connectivity index (χ3v) is 4.43. The highest BCUT2D eigenvalue weighted by molar-refractivity contribution is 7.17. The number of ether oxygens (including phenoxy) is 2. The standard InChI is InChI=1S/C15H15NO3S/c1-8-4-10-5-13(18-3)11(6-12(10)19-8)15-16-7-14(20-15)9(2)17/h5-8H,4H2,1-3H3. The van der Waals surface area contributed by atoms with Crippen LogP contribution in [0.2, 0.25) is 0 Å². The normalized spacial score (nSPS) is 16.6. The van der Waals surface area contributed by atoms with Crippen molar-refractivity contribution in [3.05, 3.63) is 28.8 Å². The molecular formula is C15H15NO3S. The highest BCUT2D eigenvalue weighted by atomic mass is 32.1. The highest BCUT2D eigenvalue weighted by Crippen LogP contribution is 2.41. The Morgan fingerprint density at radius 1 is 1.50 bits per heavy atom. The maximum Gasteiger partial charge on any atom is 0.171 e. The molecule has 1 aliphatic heterocycles. The third kappa shape index (κ3) is 2.18.